The molecule has 4 rings (SSSR count). The van der Waals surface area contributed by atoms with Gasteiger partial charge in [-0.2, -0.15) is 0 Å². The van der Waals surface area contributed by atoms with Crippen LogP contribution in [0.1, 0.15) is 25.0 Å². The Balaban J connectivity index is 1.49. The molecule has 124 valence electrons. The summed E-state index contributed by atoms with van der Waals surface area (Å²) < 4.78 is 4.18. The zero-order valence-electron chi connectivity index (χ0n) is 13.8. The van der Waals surface area contributed by atoms with Crippen molar-refractivity contribution < 1.29 is 4.79 Å². The highest BCUT2D eigenvalue weighted by molar-refractivity contribution is 5.81. The summed E-state index contributed by atoms with van der Waals surface area (Å²) >= 11 is 0. The Kier molecular flexibility index (Phi) is 3.80. The molecule has 3 heterocycles. The molecule has 6 heteroatoms. The number of nitrogens with zero attached hydrogens (tertiary/aromatic N) is 4. The van der Waals surface area contributed by atoms with Gasteiger partial charge in [-0.15, -0.1) is 0 Å². The maximum Gasteiger partial charge on any atom is 0.240 e. The average molecular weight is 323 g/mol. The van der Waals surface area contributed by atoms with Crippen LogP contribution in [0.3, 0.4) is 0 Å². The van der Waals surface area contributed by atoms with E-state index in [1.807, 2.05) is 41.2 Å². The van der Waals surface area contributed by atoms with Gasteiger partial charge in [-0.3, -0.25) is 4.79 Å². The molecule has 2 aromatic heterocycles. The molecule has 0 saturated carbocycles. The van der Waals surface area contributed by atoms with E-state index in [0.29, 0.717) is 6.54 Å². The second kappa shape index (κ2) is 6.11. The number of rotatable bonds is 4. The normalized spacial score (nSPS) is 17.0. The summed E-state index contributed by atoms with van der Waals surface area (Å²) in [6.45, 7) is 3.29. The van der Waals surface area contributed by atoms with E-state index in [4.69, 9.17) is 0 Å². The summed E-state index contributed by atoms with van der Waals surface area (Å²) in [5, 5.41) is 3.16. The van der Waals surface area contributed by atoms with Crippen LogP contribution in [0.25, 0.3) is 11.0 Å². The molecule has 0 saturated heterocycles. The second-order valence-electron chi connectivity index (χ2n) is 6.25. The van der Waals surface area contributed by atoms with Crippen molar-refractivity contribution in [1.29, 1.82) is 0 Å². The van der Waals surface area contributed by atoms with Gasteiger partial charge >= 0.3 is 0 Å². The van der Waals surface area contributed by atoms with E-state index < -0.39 is 0 Å². The molecule has 1 unspecified atom stereocenters. The topological polar surface area (TPSA) is 64.7 Å². The van der Waals surface area contributed by atoms with Crippen LogP contribution in [0, 0.1) is 0 Å². The first kappa shape index (κ1) is 14.9. The molecule has 1 aromatic carbocycles. The van der Waals surface area contributed by atoms with E-state index in [0.717, 1.165) is 48.5 Å². The molecule has 0 spiro atoms. The standard InChI is InChI=1S/C18H21N5O/c1-2-16-21-14-5-3-4-6-15(14)23(16)12-18(24)20-13-7-9-22-10-8-19-17(22)11-13/h3-6,8,10,13H,2,7,9,11-12H2,1H3,(H,20,24). The lowest BCUT2D eigenvalue weighted by Gasteiger charge is -2.24. The fraction of sp³-hybridized carbons (Fsp3) is 0.389. The van der Waals surface area contributed by atoms with Crippen molar-refractivity contribution in [2.75, 3.05) is 0 Å². The molecule has 3 aromatic rings. The van der Waals surface area contributed by atoms with Gasteiger partial charge in [-0.05, 0) is 18.6 Å². The number of imidazole rings is 2. The highest BCUT2D eigenvalue weighted by Crippen LogP contribution is 2.17. The fourth-order valence-electron chi connectivity index (χ4n) is 3.46. The maximum absolute atomic E-state index is 12.6. The molecular formula is C18H21N5O. The predicted octanol–water partition coefficient (Wildman–Crippen LogP) is 1.93. The third-order valence-corrected chi connectivity index (χ3v) is 4.67. The smallest absolute Gasteiger partial charge is 0.240 e. The number of aryl methyl sites for hydroxylation is 2. The lowest BCUT2D eigenvalue weighted by Crippen LogP contribution is -2.41. The van der Waals surface area contributed by atoms with Gasteiger partial charge in [0, 0.05) is 37.8 Å². The molecule has 1 aliphatic rings. The van der Waals surface area contributed by atoms with E-state index >= 15 is 0 Å². The molecule has 0 fully saturated rings. The SMILES string of the molecule is CCc1nc2ccccc2n1CC(=O)NC1CCn2ccnc2C1. The minimum Gasteiger partial charge on any atom is -0.351 e. The van der Waals surface area contributed by atoms with Gasteiger partial charge in [0.1, 0.15) is 18.2 Å². The number of benzene rings is 1. The van der Waals surface area contributed by atoms with Crippen LogP contribution in [-0.4, -0.2) is 31.1 Å². The van der Waals surface area contributed by atoms with Crippen LogP contribution in [0.2, 0.25) is 0 Å². The van der Waals surface area contributed by atoms with Crippen LogP contribution in [0.4, 0.5) is 0 Å². The Hall–Kier alpha value is -2.63. The quantitative estimate of drug-likeness (QED) is 0.798. The first-order valence-electron chi connectivity index (χ1n) is 8.48. The lowest BCUT2D eigenvalue weighted by atomic mass is 10.1. The Morgan fingerprint density at radius 2 is 2.25 bits per heavy atom. The summed E-state index contributed by atoms with van der Waals surface area (Å²) in [4.78, 5) is 21.5. The minimum atomic E-state index is 0.0397. The van der Waals surface area contributed by atoms with Gasteiger partial charge in [0.25, 0.3) is 0 Å². The average Bonchev–Trinajstić information content (AvgIpc) is 3.19. The Morgan fingerprint density at radius 1 is 1.38 bits per heavy atom. The summed E-state index contributed by atoms with van der Waals surface area (Å²) in [6.07, 6.45) is 6.37. The molecule has 6 nitrogen and oxygen atoms in total. The number of carbonyl (C=O) groups is 1. The van der Waals surface area contributed by atoms with E-state index in [-0.39, 0.29) is 11.9 Å². The number of para-hydroxylation sites is 2. The summed E-state index contributed by atoms with van der Waals surface area (Å²) in [6, 6.07) is 8.13. The van der Waals surface area contributed by atoms with E-state index in [9.17, 15) is 4.79 Å². The molecule has 24 heavy (non-hydrogen) atoms. The van der Waals surface area contributed by atoms with Crippen molar-refractivity contribution in [2.45, 2.75) is 45.3 Å². The third-order valence-electron chi connectivity index (χ3n) is 4.67. The molecule has 0 radical (unpaired) electrons. The van der Waals surface area contributed by atoms with Crippen molar-refractivity contribution in [2.24, 2.45) is 0 Å². The van der Waals surface area contributed by atoms with E-state index in [1.54, 1.807) is 0 Å². The van der Waals surface area contributed by atoms with Crippen molar-refractivity contribution in [3.05, 3.63) is 48.3 Å². The molecule has 1 N–H and O–H groups in total. The Labute approximate surface area is 140 Å². The Morgan fingerprint density at radius 3 is 3.12 bits per heavy atom. The van der Waals surface area contributed by atoms with Crippen LogP contribution in [0.5, 0.6) is 0 Å². The summed E-state index contributed by atoms with van der Waals surface area (Å²) in [5.74, 6) is 2.04. The highest BCUT2D eigenvalue weighted by atomic mass is 16.2. The summed E-state index contributed by atoms with van der Waals surface area (Å²) in [7, 11) is 0. The molecular weight excluding hydrogens is 302 g/mol. The van der Waals surface area contributed by atoms with Gasteiger partial charge in [0.05, 0.1) is 11.0 Å². The molecule has 0 bridgehead atoms. The minimum absolute atomic E-state index is 0.0397. The molecule has 1 amide bonds. The van der Waals surface area contributed by atoms with Crippen molar-refractivity contribution in [3.63, 3.8) is 0 Å². The number of aromatic nitrogens is 4. The number of fused-ring (bicyclic) bond motifs is 2. The zero-order valence-corrected chi connectivity index (χ0v) is 13.8. The maximum atomic E-state index is 12.6. The summed E-state index contributed by atoms with van der Waals surface area (Å²) in [5.41, 5.74) is 1.96. The van der Waals surface area contributed by atoms with Gasteiger partial charge in [-0.1, -0.05) is 19.1 Å². The monoisotopic (exact) mass is 323 g/mol. The highest BCUT2D eigenvalue weighted by Gasteiger charge is 2.21. The van der Waals surface area contributed by atoms with Crippen LogP contribution in [-0.2, 0) is 30.7 Å². The van der Waals surface area contributed by atoms with Crippen LogP contribution in [0.15, 0.2) is 36.7 Å². The lowest BCUT2D eigenvalue weighted by molar-refractivity contribution is -0.122. The van der Waals surface area contributed by atoms with Crippen LogP contribution >= 0.6 is 0 Å². The van der Waals surface area contributed by atoms with Crippen molar-refractivity contribution >= 4 is 16.9 Å². The third kappa shape index (κ3) is 2.68. The van der Waals surface area contributed by atoms with Gasteiger partial charge < -0.3 is 14.5 Å². The van der Waals surface area contributed by atoms with Crippen molar-refractivity contribution in [3.8, 4) is 0 Å². The second-order valence-corrected chi connectivity index (χ2v) is 6.25. The number of hydrogen-bond acceptors (Lipinski definition) is 3. The largest absolute Gasteiger partial charge is 0.351 e. The first-order chi connectivity index (χ1) is 11.7. The molecule has 1 aliphatic heterocycles. The first-order valence-corrected chi connectivity index (χ1v) is 8.48. The van der Waals surface area contributed by atoms with Gasteiger partial charge in [-0.25, -0.2) is 9.97 Å². The number of carbonyl (C=O) groups excluding carboxylic acids is 1. The van der Waals surface area contributed by atoms with Gasteiger partial charge in [0.15, 0.2) is 0 Å². The van der Waals surface area contributed by atoms with Crippen molar-refractivity contribution in [1.82, 2.24) is 24.4 Å². The number of nitrogens with one attached hydrogen (secondary N) is 1. The van der Waals surface area contributed by atoms with Gasteiger partial charge in [0.2, 0.25) is 5.91 Å². The molecule has 0 aliphatic carbocycles. The number of hydrogen-bond donors (Lipinski definition) is 1. The number of amides is 1. The van der Waals surface area contributed by atoms with Crippen LogP contribution < -0.4 is 5.32 Å². The fourth-order valence-corrected chi connectivity index (χ4v) is 3.46. The molecule has 1 atom stereocenters. The van der Waals surface area contributed by atoms with E-state index in [1.165, 1.54) is 0 Å². The van der Waals surface area contributed by atoms with E-state index in [2.05, 4.69) is 26.8 Å². The Bertz CT molecular complexity index is 879. The zero-order chi connectivity index (χ0) is 16.5. The predicted molar refractivity (Wildman–Crippen MR) is 91.6 cm³/mol.